The number of halogens is 4. The second kappa shape index (κ2) is 6.13. The minimum absolute atomic E-state index is 0.0477. The van der Waals surface area contributed by atoms with Crippen molar-refractivity contribution in [3.63, 3.8) is 0 Å². The van der Waals surface area contributed by atoms with Gasteiger partial charge in [-0.1, -0.05) is 11.6 Å². The first-order valence-corrected chi connectivity index (χ1v) is 7.07. The molecular weight excluding hydrogens is 305 g/mol. The van der Waals surface area contributed by atoms with Crippen molar-refractivity contribution >= 4 is 23.2 Å². The molecule has 0 bridgehead atoms. The summed E-state index contributed by atoms with van der Waals surface area (Å²) in [5.41, 5.74) is 6.29. The number of benzene rings is 1. The summed E-state index contributed by atoms with van der Waals surface area (Å²) < 4.78 is 37.7. The number of hydrogen-bond donors (Lipinski definition) is 2. The SMILES string of the molecule is Nc1cc(Cl)cc(C(=O)NC2CCC(C(F)(F)F)CC2)c1. The van der Waals surface area contributed by atoms with Gasteiger partial charge in [-0.2, -0.15) is 13.2 Å². The highest BCUT2D eigenvalue weighted by atomic mass is 35.5. The lowest BCUT2D eigenvalue weighted by atomic mass is 9.85. The summed E-state index contributed by atoms with van der Waals surface area (Å²) in [6, 6.07) is 4.25. The topological polar surface area (TPSA) is 55.1 Å². The molecule has 116 valence electrons. The van der Waals surface area contributed by atoms with Gasteiger partial charge in [0.2, 0.25) is 0 Å². The molecule has 0 radical (unpaired) electrons. The van der Waals surface area contributed by atoms with Crippen LogP contribution in [0.15, 0.2) is 18.2 Å². The van der Waals surface area contributed by atoms with Crippen molar-refractivity contribution in [3.05, 3.63) is 28.8 Å². The van der Waals surface area contributed by atoms with Gasteiger partial charge in [0.25, 0.3) is 5.91 Å². The molecule has 0 spiro atoms. The van der Waals surface area contributed by atoms with E-state index in [2.05, 4.69) is 5.32 Å². The minimum Gasteiger partial charge on any atom is -0.399 e. The van der Waals surface area contributed by atoms with Crippen molar-refractivity contribution in [2.45, 2.75) is 37.9 Å². The summed E-state index contributed by atoms with van der Waals surface area (Å²) in [7, 11) is 0. The van der Waals surface area contributed by atoms with Gasteiger partial charge >= 0.3 is 6.18 Å². The summed E-state index contributed by atoms with van der Waals surface area (Å²) in [6.45, 7) is 0. The van der Waals surface area contributed by atoms with Crippen LogP contribution in [0.4, 0.5) is 18.9 Å². The second-order valence-corrected chi connectivity index (χ2v) is 5.77. The number of anilines is 1. The van der Waals surface area contributed by atoms with E-state index in [0.717, 1.165) is 0 Å². The fourth-order valence-corrected chi connectivity index (χ4v) is 2.82. The van der Waals surface area contributed by atoms with E-state index in [9.17, 15) is 18.0 Å². The van der Waals surface area contributed by atoms with E-state index in [-0.39, 0.29) is 24.8 Å². The molecule has 1 aromatic rings. The number of amides is 1. The van der Waals surface area contributed by atoms with Gasteiger partial charge in [-0.05, 0) is 43.9 Å². The lowest BCUT2D eigenvalue weighted by Gasteiger charge is -2.30. The fourth-order valence-electron chi connectivity index (χ4n) is 2.58. The minimum atomic E-state index is -4.14. The van der Waals surface area contributed by atoms with Gasteiger partial charge in [0.15, 0.2) is 0 Å². The van der Waals surface area contributed by atoms with Gasteiger partial charge in [0.1, 0.15) is 0 Å². The lowest BCUT2D eigenvalue weighted by molar-refractivity contribution is -0.182. The highest BCUT2D eigenvalue weighted by Crippen LogP contribution is 2.37. The number of carbonyl (C=O) groups excluding carboxylic acids is 1. The van der Waals surface area contributed by atoms with E-state index < -0.39 is 12.1 Å². The first-order chi connectivity index (χ1) is 9.75. The molecule has 0 aromatic heterocycles. The summed E-state index contributed by atoms with van der Waals surface area (Å²) in [6.07, 6.45) is -3.40. The standard InChI is InChI=1S/C14H16ClF3N2O/c15-10-5-8(6-11(19)7-10)13(21)20-12-3-1-9(2-4-12)14(16,17)18/h5-7,9,12H,1-4,19H2,(H,20,21). The van der Waals surface area contributed by atoms with E-state index in [4.69, 9.17) is 17.3 Å². The van der Waals surface area contributed by atoms with Gasteiger partial charge in [-0.15, -0.1) is 0 Å². The predicted molar refractivity (Wildman–Crippen MR) is 75.1 cm³/mol. The zero-order valence-corrected chi connectivity index (χ0v) is 12.0. The number of nitrogens with two attached hydrogens (primary N) is 1. The molecule has 7 heteroatoms. The lowest BCUT2D eigenvalue weighted by Crippen LogP contribution is -2.40. The number of alkyl halides is 3. The van der Waals surface area contributed by atoms with Crippen molar-refractivity contribution in [2.24, 2.45) is 5.92 Å². The summed E-state index contributed by atoms with van der Waals surface area (Å²) >= 11 is 5.82. The molecular formula is C14H16ClF3N2O. The van der Waals surface area contributed by atoms with E-state index in [1.807, 2.05) is 0 Å². The Bertz CT molecular complexity index is 505. The Morgan fingerprint density at radius 1 is 1.19 bits per heavy atom. The van der Waals surface area contributed by atoms with Gasteiger partial charge in [0, 0.05) is 22.3 Å². The molecule has 3 nitrogen and oxygen atoms in total. The molecule has 1 aliphatic rings. The van der Waals surface area contributed by atoms with E-state index in [1.54, 1.807) is 0 Å². The average molecular weight is 321 g/mol. The third kappa shape index (κ3) is 4.27. The van der Waals surface area contributed by atoms with Crippen molar-refractivity contribution in [3.8, 4) is 0 Å². The Balaban J connectivity index is 1.93. The molecule has 3 N–H and O–H groups in total. The van der Waals surface area contributed by atoms with E-state index in [0.29, 0.717) is 29.1 Å². The molecule has 2 rings (SSSR count). The first-order valence-electron chi connectivity index (χ1n) is 6.69. The van der Waals surface area contributed by atoms with Crippen LogP contribution >= 0.6 is 11.6 Å². The Kier molecular flexibility index (Phi) is 4.66. The van der Waals surface area contributed by atoms with Crippen LogP contribution in [-0.4, -0.2) is 18.1 Å². The van der Waals surface area contributed by atoms with Crippen LogP contribution in [0.25, 0.3) is 0 Å². The summed E-state index contributed by atoms with van der Waals surface area (Å²) in [5, 5.41) is 3.09. The van der Waals surface area contributed by atoms with Crippen LogP contribution in [0.1, 0.15) is 36.0 Å². The highest BCUT2D eigenvalue weighted by Gasteiger charge is 2.41. The molecule has 0 unspecified atom stereocenters. The third-order valence-electron chi connectivity index (χ3n) is 3.71. The van der Waals surface area contributed by atoms with Gasteiger partial charge < -0.3 is 11.1 Å². The van der Waals surface area contributed by atoms with Crippen molar-refractivity contribution in [1.29, 1.82) is 0 Å². The van der Waals surface area contributed by atoms with Crippen LogP contribution in [0.3, 0.4) is 0 Å². The van der Waals surface area contributed by atoms with Crippen LogP contribution in [0.2, 0.25) is 5.02 Å². The average Bonchev–Trinajstić information content (AvgIpc) is 2.37. The molecule has 0 atom stereocenters. The normalized spacial score (nSPS) is 22.9. The zero-order valence-electron chi connectivity index (χ0n) is 11.2. The molecule has 0 saturated heterocycles. The quantitative estimate of drug-likeness (QED) is 0.815. The number of rotatable bonds is 2. The molecule has 0 aliphatic heterocycles. The maximum atomic E-state index is 12.6. The zero-order chi connectivity index (χ0) is 15.6. The van der Waals surface area contributed by atoms with E-state index >= 15 is 0 Å². The van der Waals surface area contributed by atoms with Crippen molar-refractivity contribution in [1.82, 2.24) is 5.32 Å². The van der Waals surface area contributed by atoms with Crippen molar-refractivity contribution in [2.75, 3.05) is 5.73 Å². The summed E-state index contributed by atoms with van der Waals surface area (Å²) in [5.74, 6) is -1.62. The Morgan fingerprint density at radius 3 is 2.33 bits per heavy atom. The molecule has 1 fully saturated rings. The Hall–Kier alpha value is -1.43. The monoisotopic (exact) mass is 320 g/mol. The van der Waals surface area contributed by atoms with Crippen LogP contribution in [0.5, 0.6) is 0 Å². The fraction of sp³-hybridized carbons (Fsp3) is 0.500. The smallest absolute Gasteiger partial charge is 0.391 e. The molecule has 1 aliphatic carbocycles. The Morgan fingerprint density at radius 2 is 1.81 bits per heavy atom. The maximum absolute atomic E-state index is 12.6. The first kappa shape index (κ1) is 15.9. The van der Waals surface area contributed by atoms with Gasteiger partial charge in [-0.25, -0.2) is 0 Å². The molecule has 1 aromatic carbocycles. The van der Waals surface area contributed by atoms with Crippen LogP contribution in [-0.2, 0) is 0 Å². The highest BCUT2D eigenvalue weighted by molar-refractivity contribution is 6.31. The van der Waals surface area contributed by atoms with Crippen LogP contribution in [0, 0.1) is 5.92 Å². The largest absolute Gasteiger partial charge is 0.399 e. The number of nitrogens with one attached hydrogen (secondary N) is 1. The number of carbonyl (C=O) groups is 1. The molecule has 21 heavy (non-hydrogen) atoms. The van der Waals surface area contributed by atoms with Gasteiger partial charge in [0.05, 0.1) is 5.92 Å². The van der Waals surface area contributed by atoms with E-state index in [1.165, 1.54) is 18.2 Å². The maximum Gasteiger partial charge on any atom is 0.391 e. The number of nitrogen functional groups attached to an aromatic ring is 1. The molecule has 1 saturated carbocycles. The number of hydrogen-bond acceptors (Lipinski definition) is 2. The predicted octanol–water partition coefficient (Wildman–Crippen LogP) is 3.77. The summed E-state index contributed by atoms with van der Waals surface area (Å²) in [4.78, 5) is 12.0. The van der Waals surface area contributed by atoms with Gasteiger partial charge in [-0.3, -0.25) is 4.79 Å². The Labute approximate surface area is 125 Å². The van der Waals surface area contributed by atoms with Crippen molar-refractivity contribution < 1.29 is 18.0 Å². The molecule has 1 amide bonds. The van der Waals surface area contributed by atoms with Crippen LogP contribution < -0.4 is 11.1 Å². The second-order valence-electron chi connectivity index (χ2n) is 5.34. The third-order valence-corrected chi connectivity index (χ3v) is 3.93. The molecule has 0 heterocycles.